The smallest absolute Gasteiger partial charge is 0.383 e. The normalized spacial score (nSPS) is 11.4. The zero-order chi connectivity index (χ0) is 15.2. The molecule has 0 atom stereocenters. The lowest BCUT2D eigenvalue weighted by Crippen LogP contribution is -2.27. The average molecular weight is 312 g/mol. The van der Waals surface area contributed by atoms with Gasteiger partial charge in [-0.2, -0.15) is 13.2 Å². The van der Waals surface area contributed by atoms with Crippen LogP contribution in [0.5, 0.6) is 0 Å². The fraction of sp³-hybridized carbons (Fsp3) is 0.600. The maximum atomic E-state index is 12.0. The third-order valence-corrected chi connectivity index (χ3v) is 3.16. The van der Waals surface area contributed by atoms with Crippen molar-refractivity contribution in [1.82, 2.24) is 10.3 Å². The van der Waals surface area contributed by atoms with Gasteiger partial charge < -0.3 is 21.1 Å². The lowest BCUT2D eigenvalue weighted by Gasteiger charge is -2.06. The van der Waals surface area contributed by atoms with Crippen LogP contribution in [-0.4, -0.2) is 43.9 Å². The molecule has 0 fully saturated rings. The number of nitrogen functional groups attached to an aromatic ring is 1. The number of halogens is 3. The van der Waals surface area contributed by atoms with Crippen LogP contribution in [0.1, 0.15) is 16.1 Å². The standard InChI is InChI=1S/C10H15F3N4O2S/c1-19-5-4-16-9-17-7(14)6(20-9)8(18)15-3-2-10(11,12)13/h2-5,14H2,1H3,(H,15,18)(H,16,17). The predicted molar refractivity (Wildman–Crippen MR) is 69.9 cm³/mol. The summed E-state index contributed by atoms with van der Waals surface area (Å²) in [7, 11) is 1.54. The van der Waals surface area contributed by atoms with Crippen molar-refractivity contribution in [3.05, 3.63) is 4.88 Å². The molecular weight excluding hydrogens is 297 g/mol. The highest BCUT2D eigenvalue weighted by Crippen LogP contribution is 2.25. The summed E-state index contributed by atoms with van der Waals surface area (Å²) in [4.78, 5) is 15.7. The summed E-state index contributed by atoms with van der Waals surface area (Å²) in [5.41, 5.74) is 5.55. The first-order valence-corrected chi connectivity index (χ1v) is 6.49. The molecule has 0 unspecified atom stereocenters. The lowest BCUT2D eigenvalue weighted by atomic mass is 10.4. The molecule has 0 saturated heterocycles. The van der Waals surface area contributed by atoms with Crippen LogP contribution in [0.25, 0.3) is 0 Å². The van der Waals surface area contributed by atoms with Crippen molar-refractivity contribution < 1.29 is 22.7 Å². The Morgan fingerprint density at radius 1 is 1.45 bits per heavy atom. The van der Waals surface area contributed by atoms with Crippen LogP contribution in [0.15, 0.2) is 0 Å². The minimum Gasteiger partial charge on any atom is -0.383 e. The molecule has 4 N–H and O–H groups in total. The Kier molecular flexibility index (Phi) is 6.02. The van der Waals surface area contributed by atoms with Crippen molar-refractivity contribution in [1.29, 1.82) is 0 Å². The minimum atomic E-state index is -4.31. The van der Waals surface area contributed by atoms with Gasteiger partial charge in [0.15, 0.2) is 5.13 Å². The first-order chi connectivity index (χ1) is 9.33. The summed E-state index contributed by atoms with van der Waals surface area (Å²) in [5, 5.41) is 5.46. The molecule has 1 aromatic heterocycles. The van der Waals surface area contributed by atoms with Crippen molar-refractivity contribution >= 4 is 28.2 Å². The molecule has 0 aliphatic rings. The second-order valence-corrected chi connectivity index (χ2v) is 4.77. The number of ether oxygens (including phenoxy) is 1. The van der Waals surface area contributed by atoms with Gasteiger partial charge in [0.05, 0.1) is 13.0 Å². The van der Waals surface area contributed by atoms with Gasteiger partial charge in [-0.1, -0.05) is 11.3 Å². The maximum absolute atomic E-state index is 12.0. The third kappa shape index (κ3) is 5.61. The van der Waals surface area contributed by atoms with Crippen molar-refractivity contribution in [2.45, 2.75) is 12.6 Å². The number of methoxy groups -OCH3 is 1. The molecule has 1 amide bonds. The van der Waals surface area contributed by atoms with Crippen LogP contribution in [0.3, 0.4) is 0 Å². The van der Waals surface area contributed by atoms with Gasteiger partial charge in [-0.25, -0.2) is 4.98 Å². The highest BCUT2D eigenvalue weighted by Gasteiger charge is 2.27. The summed E-state index contributed by atoms with van der Waals surface area (Å²) in [6.45, 7) is 0.442. The lowest BCUT2D eigenvalue weighted by molar-refractivity contribution is -0.132. The molecule has 0 aliphatic carbocycles. The van der Waals surface area contributed by atoms with Crippen LogP contribution in [0.4, 0.5) is 24.1 Å². The number of amides is 1. The molecule has 0 saturated carbocycles. The van der Waals surface area contributed by atoms with E-state index in [9.17, 15) is 18.0 Å². The Bertz CT molecular complexity index is 450. The SMILES string of the molecule is COCCNc1nc(N)c(C(=O)NCCC(F)(F)F)s1. The van der Waals surface area contributed by atoms with Crippen LogP contribution < -0.4 is 16.4 Å². The van der Waals surface area contributed by atoms with E-state index >= 15 is 0 Å². The quantitative estimate of drug-likeness (QED) is 0.663. The van der Waals surface area contributed by atoms with Gasteiger partial charge >= 0.3 is 6.18 Å². The Balaban J connectivity index is 2.51. The maximum Gasteiger partial charge on any atom is 0.390 e. The number of nitrogens with two attached hydrogens (primary N) is 1. The summed E-state index contributed by atoms with van der Waals surface area (Å²) >= 11 is 0.980. The summed E-state index contributed by atoms with van der Waals surface area (Å²) in [6, 6.07) is 0. The number of alkyl halides is 3. The Hall–Kier alpha value is -1.55. The molecule has 1 rings (SSSR count). The Morgan fingerprint density at radius 3 is 2.75 bits per heavy atom. The van der Waals surface area contributed by atoms with Crippen molar-refractivity contribution in [2.75, 3.05) is 37.9 Å². The molecule has 1 aromatic rings. The van der Waals surface area contributed by atoms with Crippen LogP contribution in [0, 0.1) is 0 Å². The van der Waals surface area contributed by atoms with E-state index in [1.165, 1.54) is 7.11 Å². The van der Waals surface area contributed by atoms with Crippen molar-refractivity contribution in [2.24, 2.45) is 0 Å². The second kappa shape index (κ2) is 7.29. The molecule has 6 nitrogen and oxygen atoms in total. The van der Waals surface area contributed by atoms with E-state index in [0.29, 0.717) is 18.3 Å². The number of carbonyl (C=O) groups excluding carboxylic acids is 1. The second-order valence-electron chi connectivity index (χ2n) is 3.77. The zero-order valence-electron chi connectivity index (χ0n) is 10.7. The molecule has 10 heteroatoms. The Morgan fingerprint density at radius 2 is 2.15 bits per heavy atom. The Labute approximate surface area is 117 Å². The molecule has 1 heterocycles. The van der Waals surface area contributed by atoms with E-state index in [1.54, 1.807) is 0 Å². The predicted octanol–water partition coefficient (Wildman–Crippen LogP) is 1.47. The van der Waals surface area contributed by atoms with E-state index in [2.05, 4.69) is 15.6 Å². The molecule has 0 radical (unpaired) electrons. The monoisotopic (exact) mass is 312 g/mol. The molecule has 114 valence electrons. The van der Waals surface area contributed by atoms with Crippen molar-refractivity contribution in [3.63, 3.8) is 0 Å². The van der Waals surface area contributed by atoms with Crippen LogP contribution in [-0.2, 0) is 4.74 Å². The van der Waals surface area contributed by atoms with E-state index in [-0.39, 0.29) is 10.7 Å². The number of hydrogen-bond donors (Lipinski definition) is 3. The molecule has 0 aliphatic heterocycles. The number of nitrogens with zero attached hydrogens (tertiary/aromatic N) is 1. The summed E-state index contributed by atoms with van der Waals surface area (Å²) in [5.74, 6) is -0.677. The van der Waals surface area contributed by atoms with E-state index in [1.807, 2.05) is 0 Å². The van der Waals surface area contributed by atoms with Crippen LogP contribution >= 0.6 is 11.3 Å². The van der Waals surface area contributed by atoms with Gasteiger partial charge in [-0.15, -0.1) is 0 Å². The third-order valence-electron chi connectivity index (χ3n) is 2.14. The van der Waals surface area contributed by atoms with Gasteiger partial charge in [0, 0.05) is 20.2 Å². The fourth-order valence-corrected chi connectivity index (χ4v) is 2.05. The topological polar surface area (TPSA) is 89.3 Å². The summed E-state index contributed by atoms with van der Waals surface area (Å²) < 4.78 is 40.7. The zero-order valence-corrected chi connectivity index (χ0v) is 11.5. The first kappa shape index (κ1) is 16.5. The molecule has 0 aromatic carbocycles. The molecule has 20 heavy (non-hydrogen) atoms. The van der Waals surface area contributed by atoms with Gasteiger partial charge in [0.25, 0.3) is 5.91 Å². The highest BCUT2D eigenvalue weighted by atomic mass is 32.1. The van der Waals surface area contributed by atoms with Gasteiger partial charge in [-0.05, 0) is 0 Å². The van der Waals surface area contributed by atoms with Gasteiger partial charge in [-0.3, -0.25) is 4.79 Å². The average Bonchev–Trinajstić information content (AvgIpc) is 2.69. The van der Waals surface area contributed by atoms with Gasteiger partial charge in [0.1, 0.15) is 10.7 Å². The van der Waals surface area contributed by atoms with Crippen molar-refractivity contribution in [3.8, 4) is 0 Å². The molecular formula is C10H15F3N4O2S. The summed E-state index contributed by atoms with van der Waals surface area (Å²) in [6.07, 6.45) is -5.39. The largest absolute Gasteiger partial charge is 0.390 e. The highest BCUT2D eigenvalue weighted by molar-refractivity contribution is 7.18. The fourth-order valence-electron chi connectivity index (χ4n) is 1.23. The number of anilines is 2. The number of aromatic nitrogens is 1. The number of hydrogen-bond acceptors (Lipinski definition) is 6. The first-order valence-electron chi connectivity index (χ1n) is 5.67. The molecule has 0 spiro atoms. The number of thiazole rings is 1. The van der Waals surface area contributed by atoms with E-state index in [0.717, 1.165) is 11.3 Å². The molecule has 0 bridgehead atoms. The van der Waals surface area contributed by atoms with E-state index in [4.69, 9.17) is 10.5 Å². The number of carbonyl (C=O) groups is 1. The van der Waals surface area contributed by atoms with E-state index < -0.39 is 25.0 Å². The van der Waals surface area contributed by atoms with Gasteiger partial charge in [0.2, 0.25) is 0 Å². The van der Waals surface area contributed by atoms with Crippen LogP contribution in [0.2, 0.25) is 0 Å². The minimum absolute atomic E-state index is 0.0144. The number of nitrogens with one attached hydrogen (secondary N) is 2. The number of rotatable bonds is 7.